The van der Waals surface area contributed by atoms with Gasteiger partial charge in [0.2, 0.25) is 5.75 Å². The highest BCUT2D eigenvalue weighted by molar-refractivity contribution is 5.93. The lowest BCUT2D eigenvalue weighted by molar-refractivity contribution is 0.0689. The van der Waals surface area contributed by atoms with Crippen LogP contribution in [0.25, 0.3) is 11.1 Å². The SMILES string of the molecule is COc1ccc(-c2c(CCN)[nH]c(C(=O)O)c2C2CC2)c(OC)c1OC. The van der Waals surface area contributed by atoms with Crippen molar-refractivity contribution in [2.45, 2.75) is 25.2 Å². The zero-order valence-corrected chi connectivity index (χ0v) is 15.2. The molecule has 1 aliphatic carbocycles. The first-order chi connectivity index (χ1) is 12.6. The summed E-state index contributed by atoms with van der Waals surface area (Å²) in [6.45, 7) is 0.409. The van der Waals surface area contributed by atoms with Crippen molar-refractivity contribution in [3.05, 3.63) is 29.1 Å². The second kappa shape index (κ2) is 7.29. The molecule has 0 saturated heterocycles. The maximum Gasteiger partial charge on any atom is 0.352 e. The van der Waals surface area contributed by atoms with E-state index in [4.69, 9.17) is 19.9 Å². The van der Waals surface area contributed by atoms with Crippen molar-refractivity contribution in [2.75, 3.05) is 27.9 Å². The van der Waals surface area contributed by atoms with Crippen LogP contribution < -0.4 is 19.9 Å². The van der Waals surface area contributed by atoms with E-state index in [2.05, 4.69) is 4.98 Å². The van der Waals surface area contributed by atoms with E-state index in [-0.39, 0.29) is 11.6 Å². The molecule has 4 N–H and O–H groups in total. The van der Waals surface area contributed by atoms with Gasteiger partial charge >= 0.3 is 5.97 Å². The van der Waals surface area contributed by atoms with Crippen molar-refractivity contribution in [3.8, 4) is 28.4 Å². The number of carboxylic acid groups (broad SMARTS) is 1. The zero-order chi connectivity index (χ0) is 18.8. The third-order valence-corrected chi connectivity index (χ3v) is 4.68. The molecule has 0 atom stereocenters. The Morgan fingerprint density at radius 1 is 1.19 bits per heavy atom. The molecule has 26 heavy (non-hydrogen) atoms. The second-order valence-corrected chi connectivity index (χ2v) is 6.27. The number of nitrogens with one attached hydrogen (secondary N) is 1. The van der Waals surface area contributed by atoms with Gasteiger partial charge in [0.1, 0.15) is 5.69 Å². The van der Waals surface area contributed by atoms with Gasteiger partial charge in [0.05, 0.1) is 21.3 Å². The molecule has 7 heteroatoms. The average Bonchev–Trinajstić information content (AvgIpc) is 3.41. The number of aromatic carboxylic acids is 1. The minimum Gasteiger partial charge on any atom is -0.493 e. The van der Waals surface area contributed by atoms with E-state index in [0.29, 0.717) is 30.2 Å². The molecule has 7 nitrogen and oxygen atoms in total. The summed E-state index contributed by atoms with van der Waals surface area (Å²) in [6.07, 6.45) is 2.49. The van der Waals surface area contributed by atoms with Crippen LogP contribution in [0.2, 0.25) is 0 Å². The molecule has 1 heterocycles. The fourth-order valence-corrected chi connectivity index (χ4v) is 3.45. The Morgan fingerprint density at radius 2 is 1.88 bits per heavy atom. The summed E-state index contributed by atoms with van der Waals surface area (Å²) in [5.74, 6) is 0.817. The first-order valence-electron chi connectivity index (χ1n) is 8.54. The largest absolute Gasteiger partial charge is 0.493 e. The molecule has 0 radical (unpaired) electrons. The Hall–Kier alpha value is -2.67. The summed E-state index contributed by atoms with van der Waals surface area (Å²) < 4.78 is 16.5. The fourth-order valence-electron chi connectivity index (χ4n) is 3.45. The lowest BCUT2D eigenvalue weighted by Gasteiger charge is -2.17. The van der Waals surface area contributed by atoms with Crippen molar-refractivity contribution < 1.29 is 24.1 Å². The summed E-state index contributed by atoms with van der Waals surface area (Å²) in [7, 11) is 4.67. The topological polar surface area (TPSA) is 107 Å². The van der Waals surface area contributed by atoms with Gasteiger partial charge in [0.25, 0.3) is 0 Å². The number of ether oxygens (including phenoxy) is 3. The number of aromatic nitrogens is 1. The van der Waals surface area contributed by atoms with E-state index in [1.54, 1.807) is 27.4 Å². The second-order valence-electron chi connectivity index (χ2n) is 6.27. The van der Waals surface area contributed by atoms with Gasteiger partial charge in [-0.1, -0.05) is 0 Å². The Balaban J connectivity index is 2.31. The third-order valence-electron chi connectivity index (χ3n) is 4.68. The van der Waals surface area contributed by atoms with Crippen LogP contribution in [0.4, 0.5) is 0 Å². The number of methoxy groups -OCH3 is 3. The van der Waals surface area contributed by atoms with Gasteiger partial charge in [-0.25, -0.2) is 4.79 Å². The van der Waals surface area contributed by atoms with Crippen molar-refractivity contribution in [2.24, 2.45) is 5.73 Å². The van der Waals surface area contributed by atoms with Crippen LogP contribution in [0.5, 0.6) is 17.2 Å². The predicted octanol–water partition coefficient (Wildman–Crippen LogP) is 2.78. The Kier molecular flexibility index (Phi) is 5.08. The van der Waals surface area contributed by atoms with E-state index in [1.807, 2.05) is 6.07 Å². The summed E-state index contributed by atoms with van der Waals surface area (Å²) >= 11 is 0. The van der Waals surface area contributed by atoms with Crippen LogP contribution in [-0.2, 0) is 6.42 Å². The monoisotopic (exact) mass is 360 g/mol. The maximum absolute atomic E-state index is 11.8. The number of hydrogen-bond acceptors (Lipinski definition) is 5. The first kappa shape index (κ1) is 18.1. The van der Waals surface area contributed by atoms with Crippen LogP contribution in [-0.4, -0.2) is 43.9 Å². The molecule has 140 valence electrons. The van der Waals surface area contributed by atoms with Crippen LogP contribution in [0.15, 0.2) is 12.1 Å². The van der Waals surface area contributed by atoms with Crippen molar-refractivity contribution >= 4 is 5.97 Å². The van der Waals surface area contributed by atoms with Crippen molar-refractivity contribution in [1.29, 1.82) is 0 Å². The van der Waals surface area contributed by atoms with Gasteiger partial charge in [-0.2, -0.15) is 0 Å². The van der Waals surface area contributed by atoms with Crippen LogP contribution in [0.1, 0.15) is 40.5 Å². The molecule has 1 saturated carbocycles. The van der Waals surface area contributed by atoms with Gasteiger partial charge in [0.15, 0.2) is 11.5 Å². The van der Waals surface area contributed by atoms with Crippen molar-refractivity contribution in [1.82, 2.24) is 4.98 Å². The molecule has 3 rings (SSSR count). The van der Waals surface area contributed by atoms with E-state index in [9.17, 15) is 9.90 Å². The van der Waals surface area contributed by atoms with Gasteiger partial charge in [0, 0.05) is 23.2 Å². The summed E-state index contributed by atoms with van der Waals surface area (Å²) in [5.41, 5.74) is 9.26. The van der Waals surface area contributed by atoms with Crippen LogP contribution >= 0.6 is 0 Å². The average molecular weight is 360 g/mol. The molecular formula is C19H24N2O5. The lowest BCUT2D eigenvalue weighted by Crippen LogP contribution is -2.05. The molecule has 1 aliphatic rings. The van der Waals surface area contributed by atoms with E-state index < -0.39 is 5.97 Å². The number of carbonyl (C=O) groups is 1. The molecule has 0 amide bonds. The number of rotatable bonds is 8. The summed E-state index contributed by atoms with van der Waals surface area (Å²) in [6, 6.07) is 3.67. The van der Waals surface area contributed by atoms with Gasteiger partial charge < -0.3 is 30.0 Å². The standard InChI is InChI=1S/C19H24N2O5/c1-24-13-7-6-11(17(25-2)18(13)26-3)15-12(8-9-20)21-16(19(22)23)14(15)10-4-5-10/h6-7,10,21H,4-5,8-9,20H2,1-3H3,(H,22,23). The molecule has 1 aromatic carbocycles. The number of hydrogen-bond donors (Lipinski definition) is 3. The number of carboxylic acids is 1. The lowest BCUT2D eigenvalue weighted by atomic mass is 9.94. The van der Waals surface area contributed by atoms with Gasteiger partial charge in [-0.3, -0.25) is 0 Å². The smallest absolute Gasteiger partial charge is 0.352 e. The highest BCUT2D eigenvalue weighted by Gasteiger charge is 2.35. The van der Waals surface area contributed by atoms with Gasteiger partial charge in [-0.05, 0) is 43.0 Å². The molecule has 0 aliphatic heterocycles. The van der Waals surface area contributed by atoms with Crippen LogP contribution in [0.3, 0.4) is 0 Å². The molecule has 0 bridgehead atoms. The molecule has 1 fully saturated rings. The number of H-pyrrole nitrogens is 1. The summed E-state index contributed by atoms with van der Waals surface area (Å²) in [4.78, 5) is 14.9. The predicted molar refractivity (Wildman–Crippen MR) is 97.6 cm³/mol. The molecular weight excluding hydrogens is 336 g/mol. The Morgan fingerprint density at radius 3 is 2.38 bits per heavy atom. The number of nitrogens with two attached hydrogens (primary N) is 1. The highest BCUT2D eigenvalue weighted by atomic mass is 16.5. The van der Waals surface area contributed by atoms with E-state index in [0.717, 1.165) is 35.2 Å². The first-order valence-corrected chi connectivity index (χ1v) is 8.54. The van der Waals surface area contributed by atoms with E-state index >= 15 is 0 Å². The Bertz CT molecular complexity index is 824. The zero-order valence-electron chi connectivity index (χ0n) is 15.2. The highest BCUT2D eigenvalue weighted by Crippen LogP contribution is 2.52. The maximum atomic E-state index is 11.8. The van der Waals surface area contributed by atoms with Crippen LogP contribution in [0, 0.1) is 0 Å². The quantitative estimate of drug-likeness (QED) is 0.668. The Labute approximate surface area is 152 Å². The van der Waals surface area contributed by atoms with Crippen molar-refractivity contribution in [3.63, 3.8) is 0 Å². The molecule has 0 spiro atoms. The normalized spacial score (nSPS) is 13.5. The summed E-state index contributed by atoms with van der Waals surface area (Å²) in [5, 5.41) is 9.67. The number of benzene rings is 1. The fraction of sp³-hybridized carbons (Fsp3) is 0.421. The number of aromatic amines is 1. The third kappa shape index (κ3) is 2.99. The van der Waals surface area contributed by atoms with E-state index in [1.165, 1.54) is 0 Å². The molecule has 1 aromatic heterocycles. The van der Waals surface area contributed by atoms with Gasteiger partial charge in [-0.15, -0.1) is 0 Å². The minimum atomic E-state index is -0.962. The molecule has 0 unspecified atom stereocenters. The minimum absolute atomic E-state index is 0.233. The molecule has 2 aromatic rings.